The highest BCUT2D eigenvalue weighted by Crippen LogP contribution is 2.55. The zero-order valence-corrected chi connectivity index (χ0v) is 17.0. The lowest BCUT2D eigenvalue weighted by Gasteiger charge is -2.57. The van der Waals surface area contributed by atoms with E-state index in [-0.39, 0.29) is 29.8 Å². The topological polar surface area (TPSA) is 84.5 Å². The van der Waals surface area contributed by atoms with Gasteiger partial charge in [-0.3, -0.25) is 14.4 Å². The van der Waals surface area contributed by atoms with E-state index in [1.165, 1.54) is 25.7 Å². The maximum Gasteiger partial charge on any atom is 0.326 e. The van der Waals surface area contributed by atoms with Gasteiger partial charge in [-0.25, -0.2) is 0 Å². The molecule has 0 heterocycles. The van der Waals surface area contributed by atoms with Gasteiger partial charge in [0, 0.05) is 11.5 Å². The Kier molecular flexibility index (Phi) is 5.66. The van der Waals surface area contributed by atoms with Gasteiger partial charge in [-0.05, 0) is 76.0 Å². The lowest BCUT2D eigenvalue weighted by Crippen LogP contribution is -2.61. The number of carbonyl (C=O) groups excluding carboxylic acids is 3. The van der Waals surface area contributed by atoms with Crippen molar-refractivity contribution in [3.63, 3.8) is 0 Å². The van der Waals surface area contributed by atoms with Crippen molar-refractivity contribution in [2.24, 2.45) is 23.7 Å². The Bertz CT molecular complexity index is 591. The Labute approximate surface area is 167 Å². The third kappa shape index (κ3) is 4.36. The van der Waals surface area contributed by atoms with Crippen LogP contribution in [0.1, 0.15) is 77.6 Å². The van der Waals surface area contributed by atoms with E-state index in [2.05, 4.69) is 10.6 Å². The van der Waals surface area contributed by atoms with E-state index in [0.29, 0.717) is 0 Å². The lowest BCUT2D eigenvalue weighted by molar-refractivity contribution is -0.156. The summed E-state index contributed by atoms with van der Waals surface area (Å²) < 4.78 is 5.30. The highest BCUT2D eigenvalue weighted by atomic mass is 16.5. The van der Waals surface area contributed by atoms with Crippen molar-refractivity contribution >= 4 is 17.8 Å². The summed E-state index contributed by atoms with van der Waals surface area (Å²) in [6.07, 6.45) is 11.5. The average Bonchev–Trinajstić information content (AvgIpc) is 2.65. The van der Waals surface area contributed by atoms with Gasteiger partial charge in [0.15, 0.2) is 6.10 Å². The number of ether oxygens (including phenoxy) is 1. The maximum absolute atomic E-state index is 12.7. The van der Waals surface area contributed by atoms with Crippen molar-refractivity contribution in [3.05, 3.63) is 0 Å². The van der Waals surface area contributed by atoms with Crippen LogP contribution in [0.2, 0.25) is 0 Å². The molecule has 0 aromatic heterocycles. The summed E-state index contributed by atoms with van der Waals surface area (Å²) in [7, 11) is 0. The quantitative estimate of drug-likeness (QED) is 0.683. The van der Waals surface area contributed by atoms with Gasteiger partial charge in [-0.1, -0.05) is 19.3 Å². The second kappa shape index (κ2) is 8.03. The average molecular weight is 391 g/mol. The minimum absolute atomic E-state index is 0.0124. The number of amides is 2. The van der Waals surface area contributed by atoms with Crippen LogP contribution < -0.4 is 10.6 Å². The Morgan fingerprint density at radius 2 is 1.54 bits per heavy atom. The molecule has 2 N–H and O–H groups in total. The van der Waals surface area contributed by atoms with Gasteiger partial charge in [0.25, 0.3) is 5.91 Å². The number of hydrogen-bond donors (Lipinski definition) is 2. The summed E-state index contributed by atoms with van der Waals surface area (Å²) in [6, 6.07) is 0. The van der Waals surface area contributed by atoms with Gasteiger partial charge < -0.3 is 15.4 Å². The van der Waals surface area contributed by atoms with Crippen LogP contribution in [-0.4, -0.2) is 36.0 Å². The second-order valence-corrected chi connectivity index (χ2v) is 9.87. The van der Waals surface area contributed by atoms with Crippen molar-refractivity contribution in [1.29, 1.82) is 0 Å². The molecule has 0 aliphatic heterocycles. The first-order chi connectivity index (χ1) is 13.4. The molecule has 5 saturated carbocycles. The second-order valence-electron chi connectivity index (χ2n) is 9.87. The summed E-state index contributed by atoms with van der Waals surface area (Å²) in [4.78, 5) is 36.9. The molecule has 28 heavy (non-hydrogen) atoms. The minimum Gasteiger partial charge on any atom is -0.451 e. The predicted molar refractivity (Wildman–Crippen MR) is 104 cm³/mol. The largest absolute Gasteiger partial charge is 0.451 e. The molecule has 156 valence electrons. The Morgan fingerprint density at radius 3 is 2.11 bits per heavy atom. The first-order valence-electron chi connectivity index (χ1n) is 11.2. The molecule has 0 unspecified atom stereocenters. The van der Waals surface area contributed by atoms with Crippen LogP contribution in [0.5, 0.6) is 0 Å². The minimum atomic E-state index is -0.827. The molecule has 6 nitrogen and oxygen atoms in total. The highest BCUT2D eigenvalue weighted by molar-refractivity contribution is 5.86. The molecule has 6 heteroatoms. The van der Waals surface area contributed by atoms with Crippen LogP contribution in [0.4, 0.5) is 0 Å². The normalized spacial score (nSPS) is 35.2. The van der Waals surface area contributed by atoms with Gasteiger partial charge in [0.2, 0.25) is 5.91 Å². The summed E-state index contributed by atoms with van der Waals surface area (Å²) >= 11 is 0. The molecule has 0 radical (unpaired) electrons. The molecule has 0 aromatic carbocycles. The van der Waals surface area contributed by atoms with Crippen LogP contribution in [0.25, 0.3) is 0 Å². The molecule has 5 rings (SSSR count). The first kappa shape index (κ1) is 19.7. The van der Waals surface area contributed by atoms with E-state index in [9.17, 15) is 14.4 Å². The van der Waals surface area contributed by atoms with E-state index < -0.39 is 12.1 Å². The van der Waals surface area contributed by atoms with E-state index in [0.717, 1.165) is 62.7 Å². The number of hydrogen-bond acceptors (Lipinski definition) is 4. The highest BCUT2D eigenvalue weighted by Gasteiger charge is 2.51. The van der Waals surface area contributed by atoms with Gasteiger partial charge in [-0.2, -0.15) is 0 Å². The summed E-state index contributed by atoms with van der Waals surface area (Å²) in [6.45, 7) is 1.46. The molecular weight excluding hydrogens is 356 g/mol. The van der Waals surface area contributed by atoms with Crippen LogP contribution in [-0.2, 0) is 19.1 Å². The zero-order chi connectivity index (χ0) is 19.7. The molecule has 5 fully saturated rings. The molecule has 4 bridgehead atoms. The van der Waals surface area contributed by atoms with Crippen molar-refractivity contribution in [2.75, 3.05) is 6.54 Å². The monoisotopic (exact) mass is 390 g/mol. The van der Waals surface area contributed by atoms with Gasteiger partial charge >= 0.3 is 5.97 Å². The van der Waals surface area contributed by atoms with Crippen LogP contribution >= 0.6 is 0 Å². The van der Waals surface area contributed by atoms with Crippen molar-refractivity contribution in [1.82, 2.24) is 10.6 Å². The molecule has 0 aromatic rings. The first-order valence-corrected chi connectivity index (χ1v) is 11.2. The smallest absolute Gasteiger partial charge is 0.326 e. The third-order valence-corrected chi connectivity index (χ3v) is 7.49. The standard InChI is InChI=1S/C22H34N2O4/c1-14(28-19(25)13-23-21(27)18-5-3-2-4-6-18)20(26)24-22-10-15-7-16(11-22)9-17(8-15)12-22/h14-18H,2-13H2,1H3,(H,23,27)(H,24,26)/t14-,15?,16?,17?,22?/m1/s1. The Balaban J connectivity index is 1.22. The fraction of sp³-hybridized carbons (Fsp3) is 0.864. The van der Waals surface area contributed by atoms with Crippen LogP contribution in [0.3, 0.4) is 0 Å². The van der Waals surface area contributed by atoms with E-state index in [1.807, 2.05) is 0 Å². The van der Waals surface area contributed by atoms with Crippen LogP contribution in [0, 0.1) is 23.7 Å². The van der Waals surface area contributed by atoms with Crippen molar-refractivity contribution in [3.8, 4) is 0 Å². The molecule has 0 saturated heterocycles. The number of esters is 1. The molecule has 5 aliphatic carbocycles. The molecular formula is C22H34N2O4. The number of rotatable bonds is 6. The predicted octanol–water partition coefficient (Wildman–Crippen LogP) is 2.70. The Morgan fingerprint density at radius 1 is 0.964 bits per heavy atom. The van der Waals surface area contributed by atoms with E-state index in [1.54, 1.807) is 6.92 Å². The van der Waals surface area contributed by atoms with Crippen LogP contribution in [0.15, 0.2) is 0 Å². The summed E-state index contributed by atoms with van der Waals surface area (Å²) in [5, 5.41) is 5.92. The fourth-order valence-electron chi connectivity index (χ4n) is 6.59. The third-order valence-electron chi connectivity index (χ3n) is 7.49. The number of carbonyl (C=O) groups is 3. The van der Waals surface area contributed by atoms with Gasteiger partial charge in [-0.15, -0.1) is 0 Å². The molecule has 2 amide bonds. The van der Waals surface area contributed by atoms with E-state index in [4.69, 9.17) is 4.74 Å². The number of nitrogens with one attached hydrogen (secondary N) is 2. The lowest BCUT2D eigenvalue weighted by atomic mass is 9.53. The van der Waals surface area contributed by atoms with Gasteiger partial charge in [0.05, 0.1) is 0 Å². The zero-order valence-electron chi connectivity index (χ0n) is 17.0. The maximum atomic E-state index is 12.7. The molecule has 1 atom stereocenters. The molecule has 5 aliphatic rings. The summed E-state index contributed by atoms with van der Waals surface area (Å²) in [5.41, 5.74) is -0.0816. The van der Waals surface area contributed by atoms with E-state index >= 15 is 0 Å². The molecule has 0 spiro atoms. The Hall–Kier alpha value is -1.59. The summed E-state index contributed by atoms with van der Waals surface area (Å²) in [5.74, 6) is 1.45. The fourth-order valence-corrected chi connectivity index (χ4v) is 6.59. The van der Waals surface area contributed by atoms with Crippen molar-refractivity contribution in [2.45, 2.75) is 89.2 Å². The van der Waals surface area contributed by atoms with Gasteiger partial charge in [0.1, 0.15) is 6.54 Å². The van der Waals surface area contributed by atoms with Crippen molar-refractivity contribution < 1.29 is 19.1 Å². The SMILES string of the molecule is C[C@@H](OC(=O)CNC(=O)C1CCCCC1)C(=O)NC12CC3CC(CC(C3)C1)C2.